The Morgan fingerprint density at radius 3 is 2.42 bits per heavy atom. The Bertz CT molecular complexity index is 755. The third-order valence-electron chi connectivity index (χ3n) is 3.01. The Kier molecular flexibility index (Phi) is 5.81. The molecule has 0 heterocycles. The molecule has 0 fully saturated rings. The van der Waals surface area contributed by atoms with Crippen LogP contribution in [0.5, 0.6) is 17.2 Å². The summed E-state index contributed by atoms with van der Waals surface area (Å²) in [5.41, 5.74) is 0.321. The number of hydrogen-bond acceptors (Lipinski definition) is 4. The summed E-state index contributed by atoms with van der Waals surface area (Å²) >= 11 is 6.01. The molecule has 1 N–H and O–H groups in total. The minimum atomic E-state index is -1.06. The smallest absolute Gasteiger partial charge is 0.262 e. The highest BCUT2D eigenvalue weighted by Gasteiger charge is 2.13. The Balaban J connectivity index is 2.04. The second kappa shape index (κ2) is 7.83. The summed E-state index contributed by atoms with van der Waals surface area (Å²) in [5.74, 6) is -1.81. The van der Waals surface area contributed by atoms with Gasteiger partial charge in [0.15, 0.2) is 18.2 Å². The van der Waals surface area contributed by atoms with Crippen molar-refractivity contribution >= 4 is 23.2 Å². The third kappa shape index (κ3) is 4.26. The van der Waals surface area contributed by atoms with Gasteiger partial charge in [-0.3, -0.25) is 4.79 Å². The van der Waals surface area contributed by atoms with Crippen LogP contribution in [0.3, 0.4) is 0 Å². The van der Waals surface area contributed by atoms with Gasteiger partial charge in [-0.05, 0) is 18.2 Å². The first-order valence-corrected chi connectivity index (χ1v) is 7.11. The molecule has 2 rings (SSSR count). The van der Waals surface area contributed by atoms with Crippen molar-refractivity contribution in [3.8, 4) is 17.2 Å². The maximum Gasteiger partial charge on any atom is 0.262 e. The molecule has 0 spiro atoms. The van der Waals surface area contributed by atoms with E-state index in [1.807, 2.05) is 0 Å². The molecule has 2 aromatic rings. The Morgan fingerprint density at radius 1 is 1.08 bits per heavy atom. The van der Waals surface area contributed by atoms with Gasteiger partial charge in [-0.1, -0.05) is 11.6 Å². The summed E-state index contributed by atoms with van der Waals surface area (Å²) in [6.45, 7) is -0.405. The van der Waals surface area contributed by atoms with Crippen LogP contribution in [-0.2, 0) is 4.79 Å². The van der Waals surface area contributed by atoms with Gasteiger partial charge in [0, 0.05) is 12.1 Å². The van der Waals surface area contributed by atoms with Crippen molar-refractivity contribution < 1.29 is 27.8 Å². The highest BCUT2D eigenvalue weighted by atomic mass is 35.5. The lowest BCUT2D eigenvalue weighted by molar-refractivity contribution is -0.118. The van der Waals surface area contributed by atoms with Gasteiger partial charge in [-0.15, -0.1) is 0 Å². The normalized spacial score (nSPS) is 10.2. The average molecular weight is 358 g/mol. The maximum absolute atomic E-state index is 13.1. The minimum absolute atomic E-state index is 0.0313. The molecule has 24 heavy (non-hydrogen) atoms. The molecule has 0 bridgehead atoms. The maximum atomic E-state index is 13.1. The molecule has 128 valence electrons. The summed E-state index contributed by atoms with van der Waals surface area (Å²) < 4.78 is 41.2. The molecule has 0 aliphatic carbocycles. The number of amides is 1. The number of hydrogen-bond donors (Lipinski definition) is 1. The Labute approximate surface area is 142 Å². The van der Waals surface area contributed by atoms with E-state index in [1.165, 1.54) is 32.4 Å². The summed E-state index contributed by atoms with van der Waals surface area (Å²) in [6, 6.07) is 5.97. The van der Waals surface area contributed by atoms with E-state index in [0.29, 0.717) is 17.2 Å². The second-order valence-electron chi connectivity index (χ2n) is 4.60. The molecule has 0 aromatic heterocycles. The highest BCUT2D eigenvalue weighted by molar-refractivity contribution is 6.32. The molecular weight excluding hydrogens is 344 g/mol. The van der Waals surface area contributed by atoms with Gasteiger partial charge in [0.2, 0.25) is 0 Å². The molecule has 0 saturated heterocycles. The summed E-state index contributed by atoms with van der Waals surface area (Å²) in [4.78, 5) is 11.9. The number of nitrogens with one attached hydrogen (secondary N) is 1. The van der Waals surface area contributed by atoms with Crippen molar-refractivity contribution in [1.29, 1.82) is 0 Å². The van der Waals surface area contributed by atoms with E-state index in [0.717, 1.165) is 12.1 Å². The molecule has 5 nitrogen and oxygen atoms in total. The molecule has 8 heteroatoms. The third-order valence-corrected chi connectivity index (χ3v) is 3.30. The molecule has 1 amide bonds. The quantitative estimate of drug-likeness (QED) is 0.857. The molecule has 0 aliphatic rings. The number of carbonyl (C=O) groups excluding carboxylic acids is 1. The lowest BCUT2D eigenvalue weighted by Gasteiger charge is -2.13. The van der Waals surface area contributed by atoms with E-state index in [4.69, 9.17) is 25.8 Å². The van der Waals surface area contributed by atoms with Gasteiger partial charge in [-0.2, -0.15) is 0 Å². The predicted molar refractivity (Wildman–Crippen MR) is 85.0 cm³/mol. The average Bonchev–Trinajstić information content (AvgIpc) is 2.56. The van der Waals surface area contributed by atoms with Gasteiger partial charge >= 0.3 is 0 Å². The zero-order chi connectivity index (χ0) is 17.7. The lowest BCUT2D eigenvalue weighted by atomic mass is 10.2. The van der Waals surface area contributed by atoms with Gasteiger partial charge in [0.05, 0.1) is 24.9 Å². The number of methoxy groups -OCH3 is 2. The molecular formula is C16H14ClF2NO4. The van der Waals surface area contributed by atoms with Crippen LogP contribution >= 0.6 is 11.6 Å². The molecule has 2 aromatic carbocycles. The van der Waals surface area contributed by atoms with Crippen LogP contribution in [0.2, 0.25) is 5.02 Å². The first-order chi connectivity index (χ1) is 11.4. The second-order valence-corrected chi connectivity index (χ2v) is 5.01. The van der Waals surface area contributed by atoms with Crippen LogP contribution in [0.4, 0.5) is 14.5 Å². The van der Waals surface area contributed by atoms with E-state index < -0.39 is 24.1 Å². The Morgan fingerprint density at radius 2 is 1.79 bits per heavy atom. The van der Waals surface area contributed by atoms with Gasteiger partial charge in [0.25, 0.3) is 5.91 Å². The fourth-order valence-electron chi connectivity index (χ4n) is 1.86. The van der Waals surface area contributed by atoms with E-state index in [-0.39, 0.29) is 10.8 Å². The van der Waals surface area contributed by atoms with Crippen LogP contribution in [0.25, 0.3) is 0 Å². The first kappa shape index (κ1) is 17.8. The monoisotopic (exact) mass is 357 g/mol. The molecule has 0 unspecified atom stereocenters. The molecule has 0 radical (unpaired) electrons. The van der Waals surface area contributed by atoms with Crippen molar-refractivity contribution in [3.63, 3.8) is 0 Å². The predicted octanol–water partition coefficient (Wildman–Crippen LogP) is 3.65. The first-order valence-electron chi connectivity index (χ1n) is 6.73. The zero-order valence-electron chi connectivity index (χ0n) is 12.9. The zero-order valence-corrected chi connectivity index (χ0v) is 13.6. The van der Waals surface area contributed by atoms with Crippen molar-refractivity contribution in [1.82, 2.24) is 0 Å². The van der Waals surface area contributed by atoms with Gasteiger partial charge in [0.1, 0.15) is 17.2 Å². The van der Waals surface area contributed by atoms with Crippen LogP contribution in [-0.4, -0.2) is 26.7 Å². The standard InChI is InChI=1S/C16H14ClF2NO4/c1-22-14-7-15(23-2)13(6-10(14)17)20-16(21)8-24-9-3-4-11(18)12(19)5-9/h3-7H,8H2,1-2H3,(H,20,21). The number of rotatable bonds is 6. The van der Waals surface area contributed by atoms with Crippen molar-refractivity contribution in [2.45, 2.75) is 0 Å². The van der Waals surface area contributed by atoms with E-state index >= 15 is 0 Å². The SMILES string of the molecule is COc1cc(OC)c(NC(=O)COc2ccc(F)c(F)c2)cc1Cl. The van der Waals surface area contributed by atoms with Crippen LogP contribution in [0, 0.1) is 11.6 Å². The summed E-state index contributed by atoms with van der Waals surface area (Å²) in [5, 5.41) is 2.84. The van der Waals surface area contributed by atoms with Crippen LogP contribution in [0.15, 0.2) is 30.3 Å². The number of ether oxygens (including phenoxy) is 3. The topological polar surface area (TPSA) is 56.8 Å². The van der Waals surface area contributed by atoms with E-state index in [2.05, 4.69) is 5.32 Å². The van der Waals surface area contributed by atoms with Crippen molar-refractivity contribution in [3.05, 3.63) is 47.0 Å². The number of carbonyl (C=O) groups is 1. The highest BCUT2D eigenvalue weighted by Crippen LogP contribution is 2.35. The number of anilines is 1. The fraction of sp³-hybridized carbons (Fsp3) is 0.188. The van der Waals surface area contributed by atoms with E-state index in [9.17, 15) is 13.6 Å². The summed E-state index contributed by atoms with van der Waals surface area (Å²) in [6.07, 6.45) is 0. The van der Waals surface area contributed by atoms with Gasteiger partial charge < -0.3 is 19.5 Å². The molecule has 0 saturated carbocycles. The largest absolute Gasteiger partial charge is 0.495 e. The van der Waals surface area contributed by atoms with Crippen LogP contribution < -0.4 is 19.5 Å². The molecule has 0 atom stereocenters. The number of benzene rings is 2. The number of halogens is 3. The van der Waals surface area contributed by atoms with E-state index in [1.54, 1.807) is 0 Å². The minimum Gasteiger partial charge on any atom is -0.495 e. The van der Waals surface area contributed by atoms with Gasteiger partial charge in [-0.25, -0.2) is 8.78 Å². The van der Waals surface area contributed by atoms with Crippen molar-refractivity contribution in [2.75, 3.05) is 26.1 Å². The fourth-order valence-corrected chi connectivity index (χ4v) is 2.10. The van der Waals surface area contributed by atoms with Crippen molar-refractivity contribution in [2.24, 2.45) is 0 Å². The lowest BCUT2D eigenvalue weighted by Crippen LogP contribution is -2.20. The van der Waals surface area contributed by atoms with Crippen LogP contribution in [0.1, 0.15) is 0 Å². The molecule has 0 aliphatic heterocycles. The summed E-state index contributed by atoms with van der Waals surface area (Å²) in [7, 11) is 2.88. The Hall–Kier alpha value is -2.54.